The van der Waals surface area contributed by atoms with Crippen molar-refractivity contribution in [1.29, 1.82) is 0 Å². The maximum absolute atomic E-state index is 12.2. The average molecular weight is 426 g/mol. The molecule has 0 aromatic rings. The van der Waals surface area contributed by atoms with Crippen LogP contribution < -0.4 is 0 Å². The van der Waals surface area contributed by atoms with Gasteiger partial charge in [0.15, 0.2) is 0 Å². The molecule has 5 fully saturated rings. The molecule has 4 saturated heterocycles. The summed E-state index contributed by atoms with van der Waals surface area (Å²) in [7, 11) is -14.7. The summed E-state index contributed by atoms with van der Waals surface area (Å²) in [6, 6.07) is 0. The number of rotatable bonds is 1. The van der Waals surface area contributed by atoms with Gasteiger partial charge in [-0.25, -0.2) is 40.9 Å². The molecule has 1 spiro atoms. The van der Waals surface area contributed by atoms with Crippen LogP contribution in [-0.4, -0.2) is 59.8 Å². The third-order valence-electron chi connectivity index (χ3n) is 4.48. The van der Waals surface area contributed by atoms with E-state index in [2.05, 4.69) is 32.2 Å². The lowest BCUT2D eigenvalue weighted by molar-refractivity contribution is -0.581. The molecule has 16 nitrogen and oxygen atoms in total. The molecule has 0 amide bonds. The van der Waals surface area contributed by atoms with Crippen molar-refractivity contribution < 1.29 is 76.0 Å². The van der Waals surface area contributed by atoms with Crippen molar-refractivity contribution in [3.8, 4) is 0 Å². The monoisotopic (exact) mass is 426 g/mol. The summed E-state index contributed by atoms with van der Waals surface area (Å²) in [5.41, 5.74) is 0. The predicted molar refractivity (Wildman–Crippen MR) is 58.6 cm³/mol. The Morgan fingerprint density at radius 1 is 0.680 bits per heavy atom. The zero-order chi connectivity index (χ0) is 18.5. The first-order chi connectivity index (χ1) is 11.2. The third-order valence-corrected chi connectivity index (χ3v) is 8.30. The molecule has 1 saturated carbocycles. The van der Waals surface area contributed by atoms with Crippen molar-refractivity contribution in [3.63, 3.8) is 0 Å². The number of phosphoric acid groups is 2. The summed E-state index contributed by atoms with van der Waals surface area (Å²) in [4.78, 5) is 4.31. The highest BCUT2D eigenvalue weighted by Gasteiger charge is 3.08. The van der Waals surface area contributed by atoms with E-state index in [9.17, 15) is 43.8 Å². The predicted octanol–water partition coefficient (Wildman–Crippen LogP) is -2.39. The van der Waals surface area contributed by atoms with Crippen LogP contribution in [0.25, 0.3) is 0 Å². The first-order valence-electron chi connectivity index (χ1n) is 6.06. The number of fused-ring (bicyclic) bond motifs is 3. The van der Waals surface area contributed by atoms with Crippen LogP contribution in [0.2, 0.25) is 0 Å². The maximum atomic E-state index is 12.2. The molecule has 0 aromatic heterocycles. The summed E-state index contributed by atoms with van der Waals surface area (Å²) < 4.78 is 73.9. The van der Waals surface area contributed by atoms with Gasteiger partial charge in [0, 0.05) is 0 Å². The van der Waals surface area contributed by atoms with Gasteiger partial charge in [0.1, 0.15) is 0 Å². The molecule has 8 atom stereocenters. The lowest BCUT2D eigenvalue weighted by Gasteiger charge is -2.60. The normalized spacial score (nSPS) is 69.8. The van der Waals surface area contributed by atoms with Gasteiger partial charge in [0.2, 0.25) is 0 Å². The minimum absolute atomic E-state index is 3.74. The SMILES string of the molecule is O=P(=O)[C@@]1(O)[C@@]2(O)OP3(=O)O[C@@](O)([C@@]2(O)O3)[C@@]2(O)OP3(=O)OO[C@]21O3. The second kappa shape index (κ2) is 3.73. The van der Waals surface area contributed by atoms with Gasteiger partial charge in [0.05, 0.1) is 0 Å². The van der Waals surface area contributed by atoms with E-state index in [-0.39, 0.29) is 0 Å². The van der Waals surface area contributed by atoms with Crippen molar-refractivity contribution in [1.82, 2.24) is 0 Å². The van der Waals surface area contributed by atoms with Gasteiger partial charge in [-0.05, 0) is 0 Å². The largest absolute Gasteiger partial charge is 0.508 e. The fourth-order valence-corrected chi connectivity index (χ4v) is 7.74. The summed E-state index contributed by atoms with van der Waals surface area (Å²) in [6.07, 6.45) is 0. The quantitative estimate of drug-likeness (QED) is 0.217. The molecule has 5 aliphatic rings. The summed E-state index contributed by atoms with van der Waals surface area (Å²) in [5.74, 6) is -19.5. The lowest BCUT2D eigenvalue weighted by Crippen LogP contribution is -2.93. The van der Waals surface area contributed by atoms with E-state index in [1.165, 1.54) is 0 Å². The van der Waals surface area contributed by atoms with E-state index < -0.39 is 57.6 Å². The molecule has 2 unspecified atom stereocenters. The van der Waals surface area contributed by atoms with Crippen LogP contribution in [-0.2, 0) is 50.4 Å². The molecule has 0 aromatic carbocycles. The van der Waals surface area contributed by atoms with E-state index in [1.807, 2.05) is 0 Å². The minimum atomic E-state index is -5.17. The summed E-state index contributed by atoms with van der Waals surface area (Å²) in [6.45, 7) is 0. The van der Waals surface area contributed by atoms with E-state index in [0.717, 1.165) is 0 Å². The van der Waals surface area contributed by atoms with Gasteiger partial charge in [-0.15, -0.1) is 4.67 Å². The van der Waals surface area contributed by atoms with Crippen LogP contribution in [0.3, 0.4) is 0 Å². The fourth-order valence-electron chi connectivity index (χ4n) is 3.38. The second-order valence-electron chi connectivity index (χ2n) is 5.63. The van der Waals surface area contributed by atoms with E-state index >= 15 is 0 Å². The molecule has 19 heteroatoms. The van der Waals surface area contributed by atoms with Crippen molar-refractivity contribution in [2.45, 2.75) is 34.3 Å². The smallest absolute Gasteiger partial charge is 0.366 e. The molecule has 5 N–H and O–H groups in total. The molecule has 4 bridgehead atoms. The number of hydrogen-bond acceptors (Lipinski definition) is 16. The van der Waals surface area contributed by atoms with Crippen molar-refractivity contribution in [2.24, 2.45) is 0 Å². The number of phosphoric ester groups is 2. The molecular weight excluding hydrogens is 421 g/mol. The highest BCUT2D eigenvalue weighted by molar-refractivity contribution is 7.49. The Bertz CT molecular complexity index is 906. The topological polar surface area (TPSA) is 234 Å². The van der Waals surface area contributed by atoms with Crippen molar-refractivity contribution >= 4 is 23.3 Å². The van der Waals surface area contributed by atoms with E-state index in [0.29, 0.717) is 0 Å². The highest BCUT2D eigenvalue weighted by atomic mass is 31.2. The Morgan fingerprint density at radius 2 is 1.16 bits per heavy atom. The molecule has 25 heavy (non-hydrogen) atoms. The second-order valence-corrected chi connectivity index (χ2v) is 9.64. The summed E-state index contributed by atoms with van der Waals surface area (Å²) in [5, 5.41) is 48.7. The Labute approximate surface area is 134 Å². The Balaban J connectivity index is 1.95. The lowest BCUT2D eigenvalue weighted by atomic mass is 9.71. The Hall–Kier alpha value is -0.120. The first kappa shape index (κ1) is 17.0. The molecule has 0 radical (unpaired) electrons. The molecule has 4 heterocycles. The van der Waals surface area contributed by atoms with Crippen molar-refractivity contribution in [3.05, 3.63) is 0 Å². The van der Waals surface area contributed by atoms with Gasteiger partial charge in [-0.1, -0.05) is 0 Å². The summed E-state index contributed by atoms with van der Waals surface area (Å²) >= 11 is 0. The standard InChI is InChI=1S/C6H5O16P3/c7-1-2(8)4(10)6(16-22-25(15,20-4)21-6)5(11,23(12)13)3(1,9)19-24(14,17-1)18-2/h7-11H/t1-,2+,3+,4-,5+,6+,24?,25?/m1/s1. The Kier molecular flexibility index (Phi) is 2.54. The minimum Gasteiger partial charge on any atom is -0.366 e. The van der Waals surface area contributed by atoms with Gasteiger partial charge >= 0.3 is 29.1 Å². The molecule has 1 aliphatic carbocycles. The van der Waals surface area contributed by atoms with E-state index in [4.69, 9.17) is 0 Å². The molecule has 140 valence electrons. The van der Waals surface area contributed by atoms with Gasteiger partial charge in [-0.2, -0.15) is 4.89 Å². The number of hydrogen-bond donors (Lipinski definition) is 5. The molecule has 4 aliphatic heterocycles. The van der Waals surface area contributed by atoms with Gasteiger partial charge in [0.25, 0.3) is 28.5 Å². The fraction of sp³-hybridized carbons (Fsp3) is 1.00. The average Bonchev–Trinajstić information content (AvgIpc) is 3.06. The van der Waals surface area contributed by atoms with Gasteiger partial charge in [-0.3, -0.25) is 0 Å². The third kappa shape index (κ3) is 1.22. The first-order valence-corrected chi connectivity index (χ1v) is 10.2. The zero-order valence-electron chi connectivity index (χ0n) is 11.1. The van der Waals surface area contributed by atoms with Crippen LogP contribution in [0, 0.1) is 0 Å². The van der Waals surface area contributed by atoms with Crippen LogP contribution in [0.1, 0.15) is 0 Å². The van der Waals surface area contributed by atoms with Crippen LogP contribution in [0.4, 0.5) is 0 Å². The van der Waals surface area contributed by atoms with Gasteiger partial charge < -0.3 is 25.5 Å². The highest BCUT2D eigenvalue weighted by Crippen LogP contribution is 2.88. The van der Waals surface area contributed by atoms with Crippen LogP contribution >= 0.6 is 23.3 Å². The maximum Gasteiger partial charge on any atom is 0.508 e. The van der Waals surface area contributed by atoms with Crippen LogP contribution in [0.15, 0.2) is 0 Å². The van der Waals surface area contributed by atoms with Crippen LogP contribution in [0.5, 0.6) is 0 Å². The zero-order valence-corrected chi connectivity index (χ0v) is 13.8. The molecular formula is C6H5O16P3. The van der Waals surface area contributed by atoms with E-state index in [1.54, 1.807) is 0 Å². The number of aliphatic hydroxyl groups is 5. The Morgan fingerprint density at radius 3 is 1.64 bits per heavy atom. The van der Waals surface area contributed by atoms with Crippen molar-refractivity contribution in [2.75, 3.05) is 0 Å². The molecule has 5 rings (SSSR count).